The van der Waals surface area contributed by atoms with E-state index in [0.29, 0.717) is 16.7 Å². The number of hydrogen-bond donors (Lipinski definition) is 0. The number of rotatable bonds is 3. The Morgan fingerprint density at radius 3 is 1.85 bits per heavy atom. The van der Waals surface area contributed by atoms with Gasteiger partial charge < -0.3 is 0 Å². The van der Waals surface area contributed by atoms with Crippen LogP contribution >= 0.6 is 0 Å². The number of hydrogen-bond acceptors (Lipinski definition) is 0. The molecule has 0 saturated carbocycles. The Labute approximate surface area is 127 Å². The molecule has 0 aromatic rings. The van der Waals surface area contributed by atoms with Crippen molar-refractivity contribution in [2.75, 3.05) is 0 Å². The van der Waals surface area contributed by atoms with Gasteiger partial charge >= 0.3 is 0 Å². The van der Waals surface area contributed by atoms with E-state index in [1.54, 1.807) is 11.1 Å². The maximum Gasteiger partial charge on any atom is -0.0152 e. The summed E-state index contributed by atoms with van der Waals surface area (Å²) in [5, 5.41) is 0. The Morgan fingerprint density at radius 1 is 0.900 bits per heavy atom. The maximum atomic E-state index is 2.43. The second-order valence-electron chi connectivity index (χ2n) is 9.44. The van der Waals surface area contributed by atoms with E-state index >= 15 is 0 Å². The van der Waals surface area contributed by atoms with Gasteiger partial charge in [-0.3, -0.25) is 0 Å². The van der Waals surface area contributed by atoms with Crippen LogP contribution in [0, 0.1) is 22.2 Å². The standard InChI is InChI=1S/C20H36/c1-10-20(8,9)14-15-13-16(18(2,3)4)11-12-17(15)19(5,6)7/h11-12,15H,10,13-14H2,1-9H3. The fraction of sp³-hybridized carbons (Fsp3) is 0.800. The lowest BCUT2D eigenvalue weighted by molar-refractivity contribution is 0.247. The van der Waals surface area contributed by atoms with E-state index in [1.165, 1.54) is 19.3 Å². The molecular weight excluding hydrogens is 240 g/mol. The van der Waals surface area contributed by atoms with Gasteiger partial charge in [0.05, 0.1) is 0 Å². The SMILES string of the molecule is CCC(C)(C)CC1CC(C(C)(C)C)=CC=C1C(C)(C)C. The second kappa shape index (κ2) is 5.70. The zero-order valence-electron chi connectivity index (χ0n) is 15.4. The lowest BCUT2D eigenvalue weighted by atomic mass is 9.65. The molecule has 0 saturated heterocycles. The zero-order chi connectivity index (χ0) is 15.8. The quantitative estimate of drug-likeness (QED) is 0.533. The van der Waals surface area contributed by atoms with Crippen LogP contribution in [0.25, 0.3) is 0 Å². The van der Waals surface area contributed by atoms with Crippen molar-refractivity contribution in [2.45, 2.75) is 81.6 Å². The van der Waals surface area contributed by atoms with Gasteiger partial charge in [-0.25, -0.2) is 0 Å². The summed E-state index contributed by atoms with van der Waals surface area (Å²) in [7, 11) is 0. The van der Waals surface area contributed by atoms with Crippen LogP contribution in [0.1, 0.15) is 81.6 Å². The highest BCUT2D eigenvalue weighted by molar-refractivity contribution is 5.32. The molecule has 0 heterocycles. The van der Waals surface area contributed by atoms with Crippen LogP contribution in [-0.2, 0) is 0 Å². The molecule has 0 spiro atoms. The minimum atomic E-state index is 0.286. The van der Waals surface area contributed by atoms with Crippen LogP contribution in [0.5, 0.6) is 0 Å². The van der Waals surface area contributed by atoms with Crippen molar-refractivity contribution in [3.05, 3.63) is 23.3 Å². The second-order valence-corrected chi connectivity index (χ2v) is 9.44. The summed E-state index contributed by atoms with van der Waals surface area (Å²) in [6.45, 7) is 21.3. The van der Waals surface area contributed by atoms with Crippen LogP contribution in [0.3, 0.4) is 0 Å². The van der Waals surface area contributed by atoms with Crippen LogP contribution in [0.4, 0.5) is 0 Å². The third kappa shape index (κ3) is 4.50. The third-order valence-corrected chi connectivity index (χ3v) is 4.96. The van der Waals surface area contributed by atoms with Crippen LogP contribution in [0.15, 0.2) is 23.3 Å². The van der Waals surface area contributed by atoms with Crippen LogP contribution < -0.4 is 0 Å². The predicted molar refractivity (Wildman–Crippen MR) is 91.9 cm³/mol. The van der Waals surface area contributed by atoms with Crippen molar-refractivity contribution in [1.82, 2.24) is 0 Å². The summed E-state index contributed by atoms with van der Waals surface area (Å²) in [4.78, 5) is 0. The Balaban J connectivity index is 3.09. The molecule has 0 bridgehead atoms. The van der Waals surface area contributed by atoms with Crippen LogP contribution in [-0.4, -0.2) is 0 Å². The summed E-state index contributed by atoms with van der Waals surface area (Å²) >= 11 is 0. The highest BCUT2D eigenvalue weighted by Crippen LogP contribution is 2.46. The van der Waals surface area contributed by atoms with E-state index < -0.39 is 0 Å². The largest absolute Gasteiger partial charge is 0.0649 e. The summed E-state index contributed by atoms with van der Waals surface area (Å²) < 4.78 is 0. The summed E-state index contributed by atoms with van der Waals surface area (Å²) in [6, 6.07) is 0. The first-order valence-electron chi connectivity index (χ1n) is 8.28. The molecule has 1 aliphatic rings. The average molecular weight is 277 g/mol. The van der Waals surface area contributed by atoms with Gasteiger partial charge in [-0.2, -0.15) is 0 Å². The molecule has 0 fully saturated rings. The summed E-state index contributed by atoms with van der Waals surface area (Å²) in [5.74, 6) is 0.712. The first-order valence-corrected chi connectivity index (χ1v) is 8.28. The maximum absolute atomic E-state index is 2.43. The first-order chi connectivity index (χ1) is 8.87. The molecule has 20 heavy (non-hydrogen) atoms. The summed E-state index contributed by atoms with van der Waals surface area (Å²) in [6.07, 6.45) is 8.64. The van der Waals surface area contributed by atoms with E-state index in [4.69, 9.17) is 0 Å². The molecule has 0 nitrogen and oxygen atoms in total. The highest BCUT2D eigenvalue weighted by atomic mass is 14.4. The van der Waals surface area contributed by atoms with Gasteiger partial charge in [0.1, 0.15) is 0 Å². The Kier molecular flexibility index (Phi) is 4.99. The molecule has 0 N–H and O–H groups in total. The van der Waals surface area contributed by atoms with Gasteiger partial charge in [0, 0.05) is 0 Å². The van der Waals surface area contributed by atoms with Gasteiger partial charge in [0.15, 0.2) is 0 Å². The fourth-order valence-corrected chi connectivity index (χ4v) is 3.18. The first kappa shape index (κ1) is 17.5. The third-order valence-electron chi connectivity index (χ3n) is 4.96. The van der Waals surface area contributed by atoms with Gasteiger partial charge in [0.25, 0.3) is 0 Å². The highest BCUT2D eigenvalue weighted by Gasteiger charge is 2.33. The molecule has 0 aliphatic heterocycles. The molecule has 1 unspecified atom stereocenters. The summed E-state index contributed by atoms with van der Waals surface area (Å²) in [5.41, 5.74) is 4.28. The molecule has 1 atom stereocenters. The van der Waals surface area contributed by atoms with Crippen molar-refractivity contribution in [2.24, 2.45) is 22.2 Å². The molecule has 0 heteroatoms. The molecule has 116 valence electrons. The molecule has 1 aliphatic carbocycles. The van der Waals surface area contributed by atoms with Crippen molar-refractivity contribution in [3.8, 4) is 0 Å². The molecule has 0 amide bonds. The average Bonchev–Trinajstić information content (AvgIpc) is 2.25. The molecule has 1 rings (SSSR count). The topological polar surface area (TPSA) is 0 Å². The van der Waals surface area contributed by atoms with Crippen molar-refractivity contribution < 1.29 is 0 Å². The number of allylic oxidation sites excluding steroid dienone is 4. The van der Waals surface area contributed by atoms with Gasteiger partial charge in [-0.15, -0.1) is 0 Å². The fourth-order valence-electron chi connectivity index (χ4n) is 3.18. The molecular formula is C20H36. The van der Waals surface area contributed by atoms with Crippen LogP contribution in [0.2, 0.25) is 0 Å². The van der Waals surface area contributed by atoms with Gasteiger partial charge in [-0.05, 0) is 35.0 Å². The van der Waals surface area contributed by atoms with E-state index in [-0.39, 0.29) is 5.41 Å². The lowest BCUT2D eigenvalue weighted by Gasteiger charge is -2.40. The van der Waals surface area contributed by atoms with Crippen molar-refractivity contribution in [1.29, 1.82) is 0 Å². The van der Waals surface area contributed by atoms with E-state index in [1.807, 2.05) is 0 Å². The molecule has 0 aromatic heterocycles. The van der Waals surface area contributed by atoms with Gasteiger partial charge in [0.2, 0.25) is 0 Å². The minimum absolute atomic E-state index is 0.286. The van der Waals surface area contributed by atoms with Gasteiger partial charge in [-0.1, -0.05) is 92.0 Å². The monoisotopic (exact) mass is 276 g/mol. The lowest BCUT2D eigenvalue weighted by Crippen LogP contribution is -2.27. The van der Waals surface area contributed by atoms with E-state index in [2.05, 4.69) is 74.5 Å². The van der Waals surface area contributed by atoms with E-state index in [9.17, 15) is 0 Å². The predicted octanol–water partition coefficient (Wildman–Crippen LogP) is 6.78. The molecule has 0 aromatic carbocycles. The Hall–Kier alpha value is -0.520. The van der Waals surface area contributed by atoms with Crippen molar-refractivity contribution >= 4 is 0 Å². The minimum Gasteiger partial charge on any atom is -0.0649 e. The Morgan fingerprint density at radius 2 is 1.45 bits per heavy atom. The normalized spacial score (nSPS) is 21.6. The molecule has 0 radical (unpaired) electrons. The Bertz CT molecular complexity index is 391. The van der Waals surface area contributed by atoms with E-state index in [0.717, 1.165) is 0 Å². The van der Waals surface area contributed by atoms with Crippen molar-refractivity contribution in [3.63, 3.8) is 0 Å². The smallest absolute Gasteiger partial charge is 0.0152 e. The zero-order valence-corrected chi connectivity index (χ0v) is 15.4.